The predicted octanol–water partition coefficient (Wildman–Crippen LogP) is 5.30. The van der Waals surface area contributed by atoms with Gasteiger partial charge in [0, 0.05) is 0 Å². The van der Waals surface area contributed by atoms with Gasteiger partial charge in [-0.05, 0) is 67.5 Å². The van der Waals surface area contributed by atoms with Gasteiger partial charge in [-0.1, -0.05) is 55.1 Å². The number of hydrogen-bond acceptors (Lipinski definition) is 2. The number of phenols is 1. The summed E-state index contributed by atoms with van der Waals surface area (Å²) in [5.41, 5.74) is 2.18. The van der Waals surface area contributed by atoms with E-state index in [9.17, 15) is 5.11 Å². The van der Waals surface area contributed by atoms with Gasteiger partial charge in [0.15, 0.2) is 8.32 Å². The van der Waals surface area contributed by atoms with E-state index in [1.165, 1.54) is 5.19 Å². The Morgan fingerprint density at radius 2 is 1.64 bits per heavy atom. The zero-order valence-corrected chi connectivity index (χ0v) is 17.9. The zero-order chi connectivity index (χ0) is 18.5. The highest BCUT2D eigenvalue weighted by Crippen LogP contribution is 2.24. The number of aromatic hydroxyl groups is 1. The molecule has 0 amide bonds. The Labute approximate surface area is 154 Å². The first-order valence-electron chi connectivity index (χ1n) is 8.93. The molecule has 1 N–H and O–H groups in total. The molecular weight excluding hydrogens is 340 g/mol. The number of rotatable bonds is 8. The molecule has 25 heavy (non-hydrogen) atoms. The minimum Gasteiger partial charge on any atom is -0.508 e. The van der Waals surface area contributed by atoms with Crippen LogP contribution in [-0.4, -0.2) is 21.7 Å². The second-order valence-corrected chi connectivity index (χ2v) is 16.1. The summed E-state index contributed by atoms with van der Waals surface area (Å²) in [6, 6.07) is 17.3. The van der Waals surface area contributed by atoms with E-state index in [1.54, 1.807) is 6.07 Å². The Morgan fingerprint density at radius 3 is 2.24 bits per heavy atom. The standard InChI is InChI=1S/C21H30O2Si2/c1-6-18-13-15-20(16-14-18)25(4,5)23-24(2,3)17-9-11-19-10-7-8-12-21(19)22/h6-8,10,12-16,22H,1,9,11,17H2,2-5H3. The lowest BCUT2D eigenvalue weighted by Gasteiger charge is -2.34. The van der Waals surface area contributed by atoms with Crippen molar-refractivity contribution in [3.63, 3.8) is 0 Å². The average Bonchev–Trinajstić information content (AvgIpc) is 2.55. The van der Waals surface area contributed by atoms with E-state index in [-0.39, 0.29) is 0 Å². The number of benzene rings is 2. The second kappa shape index (κ2) is 8.17. The first kappa shape index (κ1) is 19.7. The van der Waals surface area contributed by atoms with E-state index in [0.29, 0.717) is 5.75 Å². The molecule has 0 heterocycles. The first-order valence-corrected chi connectivity index (χ1v) is 15.0. The van der Waals surface area contributed by atoms with Crippen LogP contribution in [0.3, 0.4) is 0 Å². The molecule has 0 fully saturated rings. The highest BCUT2D eigenvalue weighted by molar-refractivity contribution is 6.92. The number of para-hydroxylation sites is 1. The van der Waals surface area contributed by atoms with Gasteiger partial charge in [-0.15, -0.1) is 0 Å². The van der Waals surface area contributed by atoms with Gasteiger partial charge in [-0.2, -0.15) is 0 Å². The molecule has 134 valence electrons. The molecule has 0 aromatic heterocycles. The van der Waals surface area contributed by atoms with E-state index in [4.69, 9.17) is 4.12 Å². The van der Waals surface area contributed by atoms with Gasteiger partial charge in [0.2, 0.25) is 8.32 Å². The molecule has 0 unspecified atom stereocenters. The van der Waals surface area contributed by atoms with Crippen molar-refractivity contribution >= 4 is 27.9 Å². The van der Waals surface area contributed by atoms with Crippen LogP contribution in [0.25, 0.3) is 6.08 Å². The molecule has 4 heteroatoms. The van der Waals surface area contributed by atoms with Crippen LogP contribution in [0.1, 0.15) is 17.5 Å². The molecule has 0 radical (unpaired) electrons. The molecule has 2 rings (SSSR count). The Balaban J connectivity index is 1.96. The number of phenolic OH excluding ortho intramolecular Hbond substituents is 1. The summed E-state index contributed by atoms with van der Waals surface area (Å²) in [6.45, 7) is 13.0. The van der Waals surface area contributed by atoms with Gasteiger partial charge >= 0.3 is 0 Å². The minimum absolute atomic E-state index is 0.403. The fourth-order valence-electron chi connectivity index (χ4n) is 3.25. The maximum Gasteiger partial charge on any atom is 0.205 e. The topological polar surface area (TPSA) is 29.5 Å². The van der Waals surface area contributed by atoms with Crippen LogP contribution in [0.5, 0.6) is 5.75 Å². The van der Waals surface area contributed by atoms with Crippen molar-refractivity contribution in [3.8, 4) is 5.75 Å². The van der Waals surface area contributed by atoms with Gasteiger partial charge < -0.3 is 9.22 Å². The fourth-order valence-corrected chi connectivity index (χ4v) is 11.7. The lowest BCUT2D eigenvalue weighted by atomic mass is 10.1. The van der Waals surface area contributed by atoms with Gasteiger partial charge in [0.25, 0.3) is 0 Å². The lowest BCUT2D eigenvalue weighted by Crippen LogP contribution is -2.52. The maximum absolute atomic E-state index is 9.90. The van der Waals surface area contributed by atoms with Crippen molar-refractivity contribution in [2.24, 2.45) is 0 Å². The summed E-state index contributed by atoms with van der Waals surface area (Å²) in [4.78, 5) is 0. The highest BCUT2D eigenvalue weighted by atomic mass is 28.4. The number of hydrogen-bond donors (Lipinski definition) is 1. The third-order valence-electron chi connectivity index (χ3n) is 4.59. The highest BCUT2D eigenvalue weighted by Gasteiger charge is 2.34. The fraction of sp³-hybridized carbons (Fsp3) is 0.333. The number of aryl methyl sites for hydroxylation is 1. The Hall–Kier alpha value is -1.63. The van der Waals surface area contributed by atoms with Crippen LogP contribution >= 0.6 is 0 Å². The monoisotopic (exact) mass is 370 g/mol. The maximum atomic E-state index is 9.90. The molecule has 2 aromatic carbocycles. The third-order valence-corrected chi connectivity index (χ3v) is 12.1. The Morgan fingerprint density at radius 1 is 1.00 bits per heavy atom. The van der Waals surface area contributed by atoms with Crippen molar-refractivity contribution in [3.05, 3.63) is 66.2 Å². The molecule has 0 atom stereocenters. The molecule has 0 spiro atoms. The van der Waals surface area contributed by atoms with E-state index in [2.05, 4.69) is 57.0 Å². The molecule has 0 aliphatic rings. The molecule has 2 aromatic rings. The van der Waals surface area contributed by atoms with Gasteiger partial charge in [-0.3, -0.25) is 0 Å². The predicted molar refractivity (Wildman–Crippen MR) is 113 cm³/mol. The molecule has 0 aliphatic heterocycles. The Kier molecular flexibility index (Phi) is 6.44. The van der Waals surface area contributed by atoms with E-state index in [1.807, 2.05) is 24.3 Å². The largest absolute Gasteiger partial charge is 0.508 e. The van der Waals surface area contributed by atoms with Crippen LogP contribution in [-0.2, 0) is 10.5 Å². The summed E-state index contributed by atoms with van der Waals surface area (Å²) in [6.07, 6.45) is 3.83. The van der Waals surface area contributed by atoms with Crippen molar-refractivity contribution < 1.29 is 9.22 Å². The second-order valence-electron chi connectivity index (χ2n) is 7.68. The van der Waals surface area contributed by atoms with Crippen molar-refractivity contribution in [2.75, 3.05) is 0 Å². The summed E-state index contributed by atoms with van der Waals surface area (Å²) in [5, 5.41) is 11.2. The lowest BCUT2D eigenvalue weighted by molar-refractivity contribution is 0.467. The average molecular weight is 371 g/mol. The molecular formula is C21H30O2Si2. The van der Waals surface area contributed by atoms with Crippen molar-refractivity contribution in [1.29, 1.82) is 0 Å². The van der Waals surface area contributed by atoms with Gasteiger partial charge in [-0.25, -0.2) is 0 Å². The van der Waals surface area contributed by atoms with Crippen molar-refractivity contribution in [1.82, 2.24) is 0 Å². The summed E-state index contributed by atoms with van der Waals surface area (Å²) < 4.78 is 6.74. The van der Waals surface area contributed by atoms with Crippen LogP contribution in [0.4, 0.5) is 0 Å². The van der Waals surface area contributed by atoms with E-state index in [0.717, 1.165) is 30.0 Å². The van der Waals surface area contributed by atoms with E-state index >= 15 is 0 Å². The first-order chi connectivity index (χ1) is 11.7. The Bertz CT molecular complexity index is 706. The van der Waals surface area contributed by atoms with Crippen LogP contribution in [0, 0.1) is 0 Å². The van der Waals surface area contributed by atoms with Gasteiger partial charge in [0.1, 0.15) is 5.75 Å². The molecule has 0 saturated heterocycles. The third kappa shape index (κ3) is 5.70. The van der Waals surface area contributed by atoms with Crippen LogP contribution in [0.15, 0.2) is 55.1 Å². The quantitative estimate of drug-likeness (QED) is 0.639. The SMILES string of the molecule is C=Cc1ccc([Si](C)(C)O[Si](C)(C)CCCc2ccccc2O)cc1. The zero-order valence-electron chi connectivity index (χ0n) is 15.9. The minimum atomic E-state index is -1.91. The summed E-state index contributed by atoms with van der Waals surface area (Å²) in [5.74, 6) is 0.403. The van der Waals surface area contributed by atoms with Crippen molar-refractivity contribution in [2.45, 2.75) is 45.1 Å². The smallest absolute Gasteiger partial charge is 0.205 e. The van der Waals surface area contributed by atoms with E-state index < -0.39 is 16.6 Å². The van der Waals surface area contributed by atoms with Crippen LogP contribution in [0.2, 0.25) is 32.2 Å². The summed E-state index contributed by atoms with van der Waals surface area (Å²) >= 11 is 0. The molecule has 0 aliphatic carbocycles. The van der Waals surface area contributed by atoms with Gasteiger partial charge in [0.05, 0.1) is 0 Å². The summed E-state index contributed by atoms with van der Waals surface area (Å²) in [7, 11) is -3.67. The molecule has 2 nitrogen and oxygen atoms in total. The molecule has 0 saturated carbocycles. The molecule has 0 bridgehead atoms. The van der Waals surface area contributed by atoms with Crippen LogP contribution < -0.4 is 5.19 Å². The normalized spacial score (nSPS) is 12.2.